The van der Waals surface area contributed by atoms with Crippen LogP contribution in [-0.4, -0.2) is 33.9 Å². The van der Waals surface area contributed by atoms with Crippen LogP contribution in [0.3, 0.4) is 0 Å². The molecule has 3 unspecified atom stereocenters. The number of carbonyl (C=O) groups excluding carboxylic acids is 2. The van der Waals surface area contributed by atoms with Crippen LogP contribution in [0, 0.1) is 11.7 Å². The molecule has 0 saturated carbocycles. The molecule has 0 radical (unpaired) electrons. The number of alkyl halides is 3. The highest BCUT2D eigenvalue weighted by Gasteiger charge is 2.66. The molecule has 2 aromatic rings. The normalized spacial score (nSPS) is 25.0. The Balaban J connectivity index is 2.15. The van der Waals surface area contributed by atoms with Crippen LogP contribution in [0.2, 0.25) is 0 Å². The number of ketones is 1. The molecule has 1 fully saturated rings. The predicted octanol–water partition coefficient (Wildman–Crippen LogP) is 2.64. The van der Waals surface area contributed by atoms with E-state index in [1.165, 1.54) is 17.4 Å². The number of carbonyl (C=O) groups is 2. The lowest BCUT2D eigenvalue weighted by molar-refractivity contribution is -0.287. The first-order valence-corrected chi connectivity index (χ1v) is 7.99. The summed E-state index contributed by atoms with van der Waals surface area (Å²) in [5.74, 6) is -4.27. The second-order valence-electron chi connectivity index (χ2n) is 6.28. The number of phenols is 1. The monoisotopic (exact) mass is 398 g/mol. The SMILES string of the molecule is O=C1NC(c2ccc(O)cc2)C(C(=O)c2ccc(F)cc2)C(O)(C(F)(F)F)N1. The van der Waals surface area contributed by atoms with Crippen LogP contribution in [0.1, 0.15) is 22.0 Å². The van der Waals surface area contributed by atoms with Crippen molar-refractivity contribution in [3.63, 3.8) is 0 Å². The number of Topliss-reactive ketones (excluding diaryl/α,β-unsaturated/α-hetero) is 1. The topological polar surface area (TPSA) is 98.7 Å². The first-order chi connectivity index (χ1) is 13.0. The summed E-state index contributed by atoms with van der Waals surface area (Å²) in [7, 11) is 0. The fraction of sp³-hybridized carbons (Fsp3) is 0.222. The van der Waals surface area contributed by atoms with Crippen LogP contribution in [0.4, 0.5) is 22.4 Å². The van der Waals surface area contributed by atoms with Gasteiger partial charge in [0.2, 0.25) is 5.72 Å². The Morgan fingerprint density at radius 2 is 1.61 bits per heavy atom. The molecule has 0 aliphatic carbocycles. The summed E-state index contributed by atoms with van der Waals surface area (Å²) >= 11 is 0. The van der Waals surface area contributed by atoms with Gasteiger partial charge in [0.1, 0.15) is 17.5 Å². The van der Waals surface area contributed by atoms with Gasteiger partial charge in [0.05, 0.1) is 6.04 Å². The highest BCUT2D eigenvalue weighted by atomic mass is 19.4. The number of hydrogen-bond donors (Lipinski definition) is 4. The first kappa shape index (κ1) is 19.6. The van der Waals surface area contributed by atoms with Crippen molar-refractivity contribution in [1.82, 2.24) is 10.6 Å². The summed E-state index contributed by atoms with van der Waals surface area (Å²) in [5.41, 5.74) is -4.10. The molecule has 10 heteroatoms. The Morgan fingerprint density at radius 3 is 2.14 bits per heavy atom. The molecular weight excluding hydrogens is 384 g/mol. The maximum atomic E-state index is 13.7. The Hall–Kier alpha value is -3.14. The zero-order chi connectivity index (χ0) is 20.7. The number of phenolic OH excluding ortho intramolecular Hbond substituents is 1. The van der Waals surface area contributed by atoms with Gasteiger partial charge in [-0.3, -0.25) is 4.79 Å². The van der Waals surface area contributed by atoms with E-state index in [0.717, 1.165) is 36.4 Å². The maximum Gasteiger partial charge on any atom is 0.437 e. The van der Waals surface area contributed by atoms with Crippen molar-refractivity contribution in [3.8, 4) is 5.75 Å². The van der Waals surface area contributed by atoms with Gasteiger partial charge < -0.3 is 20.8 Å². The molecule has 2 aromatic carbocycles. The van der Waals surface area contributed by atoms with E-state index < -0.39 is 41.5 Å². The van der Waals surface area contributed by atoms with Crippen LogP contribution >= 0.6 is 0 Å². The van der Waals surface area contributed by atoms with E-state index in [1.807, 2.05) is 0 Å². The highest BCUT2D eigenvalue weighted by Crippen LogP contribution is 2.44. The lowest BCUT2D eigenvalue weighted by Gasteiger charge is -2.45. The maximum absolute atomic E-state index is 13.7. The van der Waals surface area contributed by atoms with Gasteiger partial charge in [-0.2, -0.15) is 13.2 Å². The Bertz CT molecular complexity index is 899. The Morgan fingerprint density at radius 1 is 1.04 bits per heavy atom. The summed E-state index contributed by atoms with van der Waals surface area (Å²) in [5, 5.41) is 23.4. The van der Waals surface area contributed by atoms with Crippen molar-refractivity contribution in [3.05, 3.63) is 65.5 Å². The number of aliphatic hydroxyl groups is 1. The zero-order valence-electron chi connectivity index (χ0n) is 14.0. The molecule has 0 aromatic heterocycles. The quantitative estimate of drug-likeness (QED) is 0.472. The molecule has 1 heterocycles. The average Bonchev–Trinajstić information content (AvgIpc) is 2.61. The minimum atomic E-state index is -5.39. The standard InChI is InChI=1S/C18H14F4N2O4/c19-11-5-1-10(2-6-11)15(26)13-14(9-3-7-12(25)8-4-9)23-16(27)24-17(13,28)18(20,21)22/h1-8,13-14,25,28H,(H2,23,24,27). The van der Waals surface area contributed by atoms with Crippen LogP contribution in [0.25, 0.3) is 0 Å². The number of rotatable bonds is 3. The third-order valence-corrected chi connectivity index (χ3v) is 4.47. The van der Waals surface area contributed by atoms with Crippen LogP contribution < -0.4 is 10.6 Å². The van der Waals surface area contributed by atoms with Crippen molar-refractivity contribution in [2.75, 3.05) is 0 Å². The van der Waals surface area contributed by atoms with Gasteiger partial charge in [-0.15, -0.1) is 0 Å². The van der Waals surface area contributed by atoms with Crippen LogP contribution in [0.15, 0.2) is 48.5 Å². The summed E-state index contributed by atoms with van der Waals surface area (Å²) < 4.78 is 54.2. The molecule has 0 bridgehead atoms. The van der Waals surface area contributed by atoms with E-state index >= 15 is 0 Å². The number of halogens is 4. The number of benzene rings is 2. The van der Waals surface area contributed by atoms with Crippen LogP contribution in [-0.2, 0) is 0 Å². The van der Waals surface area contributed by atoms with Crippen molar-refractivity contribution in [2.45, 2.75) is 17.9 Å². The van der Waals surface area contributed by atoms with Crippen molar-refractivity contribution in [1.29, 1.82) is 0 Å². The molecule has 0 spiro atoms. The molecule has 2 amide bonds. The van der Waals surface area contributed by atoms with Gasteiger partial charge in [0, 0.05) is 5.56 Å². The molecule has 1 saturated heterocycles. The van der Waals surface area contributed by atoms with Crippen molar-refractivity contribution >= 4 is 11.8 Å². The second kappa shape index (κ2) is 6.79. The third-order valence-electron chi connectivity index (χ3n) is 4.47. The smallest absolute Gasteiger partial charge is 0.437 e. The lowest BCUT2D eigenvalue weighted by atomic mass is 9.77. The molecule has 28 heavy (non-hydrogen) atoms. The van der Waals surface area contributed by atoms with E-state index in [2.05, 4.69) is 5.32 Å². The molecule has 4 N–H and O–H groups in total. The third kappa shape index (κ3) is 3.38. The zero-order valence-corrected chi connectivity index (χ0v) is 14.0. The molecular formula is C18H14F4N2O4. The molecule has 148 valence electrons. The summed E-state index contributed by atoms with van der Waals surface area (Å²) in [6, 6.07) is 5.61. The average molecular weight is 398 g/mol. The summed E-state index contributed by atoms with van der Waals surface area (Å²) in [6.07, 6.45) is -5.39. The van der Waals surface area contributed by atoms with E-state index in [9.17, 15) is 37.4 Å². The number of hydrogen-bond acceptors (Lipinski definition) is 4. The minimum Gasteiger partial charge on any atom is -0.508 e. The number of nitrogens with one attached hydrogen (secondary N) is 2. The van der Waals surface area contributed by atoms with Gasteiger partial charge in [-0.05, 0) is 42.0 Å². The van der Waals surface area contributed by atoms with E-state index in [-0.39, 0.29) is 16.9 Å². The number of urea groups is 1. The molecule has 3 rings (SSSR count). The van der Waals surface area contributed by atoms with Gasteiger partial charge >= 0.3 is 12.2 Å². The van der Waals surface area contributed by atoms with Gasteiger partial charge in [-0.1, -0.05) is 12.1 Å². The van der Waals surface area contributed by atoms with E-state index in [4.69, 9.17) is 0 Å². The summed E-state index contributed by atoms with van der Waals surface area (Å²) in [4.78, 5) is 24.7. The lowest BCUT2D eigenvalue weighted by Crippen LogP contribution is -2.72. The first-order valence-electron chi connectivity index (χ1n) is 7.99. The van der Waals surface area contributed by atoms with Gasteiger partial charge in [0.25, 0.3) is 0 Å². The highest BCUT2D eigenvalue weighted by molar-refractivity contribution is 6.00. The minimum absolute atomic E-state index is 0.0517. The second-order valence-corrected chi connectivity index (χ2v) is 6.28. The molecule has 1 aliphatic rings. The fourth-order valence-corrected chi connectivity index (χ4v) is 3.09. The van der Waals surface area contributed by atoms with Gasteiger partial charge in [0.15, 0.2) is 5.78 Å². The van der Waals surface area contributed by atoms with Crippen molar-refractivity contribution in [2.24, 2.45) is 5.92 Å². The number of aromatic hydroxyl groups is 1. The summed E-state index contributed by atoms with van der Waals surface area (Å²) in [6.45, 7) is 0. The van der Waals surface area contributed by atoms with E-state index in [1.54, 1.807) is 0 Å². The van der Waals surface area contributed by atoms with Crippen LogP contribution in [0.5, 0.6) is 5.75 Å². The van der Waals surface area contributed by atoms with E-state index in [0.29, 0.717) is 0 Å². The van der Waals surface area contributed by atoms with Crippen molar-refractivity contribution < 1.29 is 37.4 Å². The molecule has 1 aliphatic heterocycles. The predicted molar refractivity (Wildman–Crippen MR) is 87.7 cm³/mol. The number of amides is 2. The Kier molecular flexibility index (Phi) is 4.76. The van der Waals surface area contributed by atoms with Gasteiger partial charge in [-0.25, -0.2) is 9.18 Å². The molecule has 3 atom stereocenters. The fourth-order valence-electron chi connectivity index (χ4n) is 3.09. The largest absolute Gasteiger partial charge is 0.508 e. The molecule has 6 nitrogen and oxygen atoms in total. The Labute approximate surface area is 155 Å².